The molecule has 1 unspecified atom stereocenters. The molecular formula is C13H21NO. The molecule has 0 radical (unpaired) electrons. The minimum Gasteiger partial charge on any atom is -0.489 e. The molecule has 1 atom stereocenters. The maximum absolute atomic E-state index is 5.93. The summed E-state index contributed by atoms with van der Waals surface area (Å²) in [5, 5.41) is 3.31. The molecule has 0 aliphatic carbocycles. The van der Waals surface area contributed by atoms with Crippen LogP contribution < -0.4 is 10.1 Å². The average Bonchev–Trinajstić information content (AvgIpc) is 2.26. The Morgan fingerprint density at radius 3 is 2.60 bits per heavy atom. The molecule has 0 spiro atoms. The fourth-order valence-corrected chi connectivity index (χ4v) is 1.44. The Hall–Kier alpha value is -1.02. The van der Waals surface area contributed by atoms with Crippen LogP contribution in [-0.4, -0.2) is 19.2 Å². The monoisotopic (exact) mass is 207 g/mol. The number of para-hydroxylation sites is 1. The van der Waals surface area contributed by atoms with E-state index in [1.54, 1.807) is 0 Å². The lowest BCUT2D eigenvalue weighted by Gasteiger charge is -2.19. The van der Waals surface area contributed by atoms with Gasteiger partial charge in [-0.1, -0.05) is 32.0 Å². The number of likely N-dealkylation sites (N-methyl/N-ethyl adjacent to an activating group) is 1. The zero-order valence-electron chi connectivity index (χ0n) is 9.92. The van der Waals surface area contributed by atoms with Crippen molar-refractivity contribution in [3.63, 3.8) is 0 Å². The topological polar surface area (TPSA) is 21.3 Å². The van der Waals surface area contributed by atoms with Gasteiger partial charge in [0.15, 0.2) is 0 Å². The van der Waals surface area contributed by atoms with E-state index in [0.717, 1.165) is 25.3 Å². The van der Waals surface area contributed by atoms with Gasteiger partial charge in [-0.3, -0.25) is 0 Å². The second-order valence-electron chi connectivity index (χ2n) is 3.72. The number of rotatable bonds is 6. The van der Waals surface area contributed by atoms with E-state index in [2.05, 4.69) is 32.2 Å². The summed E-state index contributed by atoms with van der Waals surface area (Å²) in [5.74, 6) is 1.00. The van der Waals surface area contributed by atoms with Crippen molar-refractivity contribution in [2.45, 2.75) is 33.3 Å². The molecule has 0 saturated heterocycles. The maximum Gasteiger partial charge on any atom is 0.122 e. The Balaban J connectivity index is 2.54. The second kappa shape index (κ2) is 6.46. The van der Waals surface area contributed by atoms with Crippen LogP contribution >= 0.6 is 0 Å². The molecule has 84 valence electrons. The van der Waals surface area contributed by atoms with Crippen LogP contribution in [0.5, 0.6) is 5.75 Å². The Morgan fingerprint density at radius 1 is 1.27 bits per heavy atom. The normalized spacial score (nSPS) is 12.5. The lowest BCUT2D eigenvalue weighted by atomic mass is 10.2. The zero-order valence-corrected chi connectivity index (χ0v) is 9.92. The summed E-state index contributed by atoms with van der Waals surface area (Å²) >= 11 is 0. The summed E-state index contributed by atoms with van der Waals surface area (Å²) in [7, 11) is 0. The molecule has 2 nitrogen and oxygen atoms in total. The van der Waals surface area contributed by atoms with Crippen molar-refractivity contribution in [3.05, 3.63) is 29.8 Å². The van der Waals surface area contributed by atoms with Gasteiger partial charge in [0.25, 0.3) is 0 Å². The van der Waals surface area contributed by atoms with E-state index in [4.69, 9.17) is 4.74 Å². The lowest BCUT2D eigenvalue weighted by molar-refractivity contribution is 0.193. The number of ether oxygens (including phenoxy) is 1. The third-order valence-electron chi connectivity index (χ3n) is 2.46. The minimum atomic E-state index is 0.269. The summed E-state index contributed by atoms with van der Waals surface area (Å²) < 4.78 is 5.93. The summed E-state index contributed by atoms with van der Waals surface area (Å²) in [5.41, 5.74) is 1.20. The van der Waals surface area contributed by atoms with Gasteiger partial charge in [0.2, 0.25) is 0 Å². The molecule has 0 aliphatic rings. The standard InChI is InChI=1S/C13H21NO/c1-4-12(10-14-5-2)15-13-9-7-6-8-11(13)3/h6-9,12,14H,4-5,10H2,1-3H3. The molecule has 0 aromatic heterocycles. The fourth-order valence-electron chi connectivity index (χ4n) is 1.44. The van der Waals surface area contributed by atoms with E-state index in [9.17, 15) is 0 Å². The molecule has 15 heavy (non-hydrogen) atoms. The Bertz CT molecular complexity index is 286. The number of aryl methyl sites for hydroxylation is 1. The molecule has 0 heterocycles. The van der Waals surface area contributed by atoms with Crippen molar-refractivity contribution in [1.29, 1.82) is 0 Å². The van der Waals surface area contributed by atoms with Crippen molar-refractivity contribution in [2.75, 3.05) is 13.1 Å². The van der Waals surface area contributed by atoms with Gasteiger partial charge in [-0.25, -0.2) is 0 Å². The van der Waals surface area contributed by atoms with Gasteiger partial charge < -0.3 is 10.1 Å². The highest BCUT2D eigenvalue weighted by Crippen LogP contribution is 2.18. The van der Waals surface area contributed by atoms with Crippen LogP contribution in [0.1, 0.15) is 25.8 Å². The molecule has 0 fully saturated rings. The first-order valence-corrected chi connectivity index (χ1v) is 5.70. The van der Waals surface area contributed by atoms with Crippen LogP contribution in [0.2, 0.25) is 0 Å². The first-order chi connectivity index (χ1) is 7.27. The van der Waals surface area contributed by atoms with Crippen LogP contribution in [0.3, 0.4) is 0 Å². The van der Waals surface area contributed by atoms with E-state index >= 15 is 0 Å². The molecule has 0 bridgehead atoms. The molecule has 1 aromatic carbocycles. The van der Waals surface area contributed by atoms with E-state index < -0.39 is 0 Å². The molecular weight excluding hydrogens is 186 g/mol. The number of hydrogen-bond acceptors (Lipinski definition) is 2. The molecule has 0 amide bonds. The van der Waals surface area contributed by atoms with Crippen molar-refractivity contribution >= 4 is 0 Å². The second-order valence-corrected chi connectivity index (χ2v) is 3.72. The third-order valence-corrected chi connectivity index (χ3v) is 2.46. The van der Waals surface area contributed by atoms with Gasteiger partial charge in [-0.05, 0) is 31.5 Å². The highest BCUT2D eigenvalue weighted by molar-refractivity contribution is 5.31. The van der Waals surface area contributed by atoms with Crippen molar-refractivity contribution in [1.82, 2.24) is 5.32 Å². The summed E-state index contributed by atoms with van der Waals surface area (Å²) in [6.45, 7) is 8.25. The maximum atomic E-state index is 5.93. The quantitative estimate of drug-likeness (QED) is 0.774. The molecule has 1 N–H and O–H groups in total. The van der Waals surface area contributed by atoms with Crippen LogP contribution in [0.15, 0.2) is 24.3 Å². The first kappa shape index (κ1) is 12.1. The van der Waals surface area contributed by atoms with Gasteiger partial charge in [0.1, 0.15) is 11.9 Å². The smallest absolute Gasteiger partial charge is 0.122 e. The van der Waals surface area contributed by atoms with Gasteiger partial charge >= 0.3 is 0 Å². The molecule has 1 aromatic rings. The predicted octanol–water partition coefficient (Wildman–Crippen LogP) is 2.76. The highest BCUT2D eigenvalue weighted by atomic mass is 16.5. The van der Waals surface area contributed by atoms with Gasteiger partial charge in [-0.2, -0.15) is 0 Å². The minimum absolute atomic E-state index is 0.269. The van der Waals surface area contributed by atoms with E-state index in [-0.39, 0.29) is 6.10 Å². The van der Waals surface area contributed by atoms with E-state index in [0.29, 0.717) is 0 Å². The van der Waals surface area contributed by atoms with Crippen molar-refractivity contribution in [3.8, 4) is 5.75 Å². The summed E-state index contributed by atoms with van der Waals surface area (Å²) in [4.78, 5) is 0. The SMILES string of the molecule is CCNCC(CC)Oc1ccccc1C. The summed E-state index contributed by atoms with van der Waals surface area (Å²) in [6, 6.07) is 8.16. The first-order valence-electron chi connectivity index (χ1n) is 5.70. The van der Waals surface area contributed by atoms with Gasteiger partial charge in [-0.15, -0.1) is 0 Å². The number of hydrogen-bond donors (Lipinski definition) is 1. The Morgan fingerprint density at radius 2 is 2.00 bits per heavy atom. The van der Waals surface area contributed by atoms with Crippen LogP contribution in [0.25, 0.3) is 0 Å². The van der Waals surface area contributed by atoms with Crippen LogP contribution in [0, 0.1) is 6.92 Å². The fraction of sp³-hybridized carbons (Fsp3) is 0.538. The van der Waals surface area contributed by atoms with E-state index in [1.165, 1.54) is 5.56 Å². The highest BCUT2D eigenvalue weighted by Gasteiger charge is 2.08. The molecule has 1 rings (SSSR count). The Kier molecular flexibility index (Phi) is 5.19. The predicted molar refractivity (Wildman–Crippen MR) is 64.4 cm³/mol. The molecule has 0 aliphatic heterocycles. The summed E-state index contributed by atoms with van der Waals surface area (Å²) in [6.07, 6.45) is 1.30. The lowest BCUT2D eigenvalue weighted by Crippen LogP contribution is -2.30. The van der Waals surface area contributed by atoms with Crippen molar-refractivity contribution in [2.24, 2.45) is 0 Å². The Labute approximate surface area is 92.6 Å². The van der Waals surface area contributed by atoms with Crippen LogP contribution in [-0.2, 0) is 0 Å². The van der Waals surface area contributed by atoms with Gasteiger partial charge in [0, 0.05) is 6.54 Å². The molecule has 2 heteroatoms. The average molecular weight is 207 g/mol. The zero-order chi connectivity index (χ0) is 11.1. The largest absolute Gasteiger partial charge is 0.489 e. The number of nitrogens with one attached hydrogen (secondary N) is 1. The van der Waals surface area contributed by atoms with E-state index in [1.807, 2.05) is 18.2 Å². The van der Waals surface area contributed by atoms with Crippen molar-refractivity contribution < 1.29 is 4.74 Å². The third kappa shape index (κ3) is 3.92. The number of benzene rings is 1. The van der Waals surface area contributed by atoms with Gasteiger partial charge in [0.05, 0.1) is 0 Å². The molecule has 0 saturated carbocycles. The van der Waals surface area contributed by atoms with Crippen LogP contribution in [0.4, 0.5) is 0 Å².